The highest BCUT2D eigenvalue weighted by Crippen LogP contribution is 2.29. The van der Waals surface area contributed by atoms with Crippen molar-refractivity contribution >= 4 is 23.2 Å². The molecule has 0 spiro atoms. The molecule has 1 amide bonds. The van der Waals surface area contributed by atoms with Crippen molar-refractivity contribution in [2.45, 2.75) is 26.3 Å². The summed E-state index contributed by atoms with van der Waals surface area (Å²) in [6.07, 6.45) is 0.963. The molecule has 0 aromatic heterocycles. The van der Waals surface area contributed by atoms with Crippen molar-refractivity contribution < 1.29 is 4.79 Å². The Hall–Kier alpha value is -1.26. The molecule has 0 bridgehead atoms. The van der Waals surface area contributed by atoms with E-state index < -0.39 is 0 Å². The van der Waals surface area contributed by atoms with Crippen LogP contribution in [0.1, 0.15) is 31.9 Å². The van der Waals surface area contributed by atoms with Gasteiger partial charge >= 0.3 is 0 Å². The summed E-state index contributed by atoms with van der Waals surface area (Å²) in [5.41, 5.74) is 7.94. The first-order valence-corrected chi connectivity index (χ1v) is 7.42. The van der Waals surface area contributed by atoms with Gasteiger partial charge in [0.1, 0.15) is 0 Å². The molecule has 0 aliphatic carbocycles. The average molecular weight is 296 g/mol. The third-order valence-corrected chi connectivity index (χ3v) is 4.08. The molecule has 110 valence electrons. The number of halogens is 1. The number of amides is 1. The summed E-state index contributed by atoms with van der Waals surface area (Å²) in [6, 6.07) is 5.98. The van der Waals surface area contributed by atoms with Gasteiger partial charge < -0.3 is 15.5 Å². The number of anilines is 1. The molecular formula is C15H22ClN3O. The van der Waals surface area contributed by atoms with Gasteiger partial charge in [0.05, 0.1) is 10.7 Å². The van der Waals surface area contributed by atoms with E-state index in [0.717, 1.165) is 48.9 Å². The van der Waals surface area contributed by atoms with Gasteiger partial charge in [-0.25, -0.2) is 0 Å². The first-order valence-electron chi connectivity index (χ1n) is 7.04. The second-order valence-electron chi connectivity index (χ2n) is 5.35. The summed E-state index contributed by atoms with van der Waals surface area (Å²) in [5, 5.41) is 0.732. The molecule has 1 atom stereocenters. The van der Waals surface area contributed by atoms with Crippen LogP contribution in [0.4, 0.5) is 5.69 Å². The maximum Gasteiger partial charge on any atom is 0.219 e. The van der Waals surface area contributed by atoms with E-state index in [9.17, 15) is 4.79 Å². The fourth-order valence-electron chi connectivity index (χ4n) is 2.54. The molecule has 1 aliphatic heterocycles. The van der Waals surface area contributed by atoms with E-state index in [1.54, 1.807) is 6.92 Å². The molecule has 1 heterocycles. The highest BCUT2D eigenvalue weighted by atomic mass is 35.5. The molecular weight excluding hydrogens is 274 g/mol. The Kier molecular flexibility index (Phi) is 4.89. The minimum atomic E-state index is -0.0149. The largest absolute Gasteiger partial charge is 0.368 e. The Labute approximate surface area is 125 Å². The standard InChI is InChI=1S/C15H22ClN3O/c1-11(17)13-4-5-15(14(16)10-13)19-7-3-6-18(8-9-19)12(2)20/h4-5,10-11H,3,6-9,17H2,1-2H3. The van der Waals surface area contributed by atoms with Crippen molar-refractivity contribution in [1.82, 2.24) is 4.90 Å². The van der Waals surface area contributed by atoms with Crippen LogP contribution in [0.2, 0.25) is 5.02 Å². The lowest BCUT2D eigenvalue weighted by atomic mass is 10.1. The van der Waals surface area contributed by atoms with E-state index in [0.29, 0.717) is 0 Å². The summed E-state index contributed by atoms with van der Waals surface area (Å²) >= 11 is 6.38. The smallest absolute Gasteiger partial charge is 0.219 e. The molecule has 1 aromatic rings. The summed E-state index contributed by atoms with van der Waals surface area (Å²) in [5.74, 6) is 0.144. The van der Waals surface area contributed by atoms with Crippen LogP contribution in [0.25, 0.3) is 0 Å². The Morgan fingerprint density at radius 3 is 2.65 bits per heavy atom. The normalized spacial score (nSPS) is 17.8. The van der Waals surface area contributed by atoms with Gasteiger partial charge in [0.2, 0.25) is 5.91 Å². The van der Waals surface area contributed by atoms with E-state index in [1.165, 1.54) is 0 Å². The molecule has 1 aromatic carbocycles. The summed E-state index contributed by atoms with van der Waals surface area (Å²) in [6.45, 7) is 6.88. The van der Waals surface area contributed by atoms with Crippen LogP contribution in [-0.2, 0) is 4.79 Å². The van der Waals surface area contributed by atoms with E-state index in [1.807, 2.05) is 30.0 Å². The topological polar surface area (TPSA) is 49.6 Å². The highest BCUT2D eigenvalue weighted by molar-refractivity contribution is 6.33. The first kappa shape index (κ1) is 15.1. The van der Waals surface area contributed by atoms with Gasteiger partial charge in [-0.1, -0.05) is 17.7 Å². The summed E-state index contributed by atoms with van der Waals surface area (Å²) < 4.78 is 0. The molecule has 20 heavy (non-hydrogen) atoms. The summed E-state index contributed by atoms with van der Waals surface area (Å²) in [7, 11) is 0. The number of carbonyl (C=O) groups excluding carboxylic acids is 1. The molecule has 4 nitrogen and oxygen atoms in total. The van der Waals surface area contributed by atoms with Gasteiger partial charge in [-0.15, -0.1) is 0 Å². The zero-order valence-corrected chi connectivity index (χ0v) is 12.9. The Balaban J connectivity index is 2.13. The van der Waals surface area contributed by atoms with Crippen molar-refractivity contribution in [2.75, 3.05) is 31.1 Å². The molecule has 1 unspecified atom stereocenters. The number of rotatable bonds is 2. The van der Waals surface area contributed by atoms with Crippen molar-refractivity contribution in [2.24, 2.45) is 5.73 Å². The highest BCUT2D eigenvalue weighted by Gasteiger charge is 2.18. The van der Waals surface area contributed by atoms with Gasteiger partial charge in [-0.2, -0.15) is 0 Å². The predicted octanol–water partition coefficient (Wildman–Crippen LogP) is 2.42. The second kappa shape index (κ2) is 6.46. The SMILES string of the molecule is CC(=O)N1CCCN(c2ccc(C(C)N)cc2Cl)CC1. The molecule has 1 fully saturated rings. The number of nitrogens with zero attached hydrogens (tertiary/aromatic N) is 2. The van der Waals surface area contributed by atoms with Gasteiger partial charge in [-0.05, 0) is 31.0 Å². The zero-order chi connectivity index (χ0) is 14.7. The van der Waals surface area contributed by atoms with E-state index in [4.69, 9.17) is 17.3 Å². The molecule has 2 rings (SSSR count). The molecule has 1 saturated heterocycles. The Morgan fingerprint density at radius 2 is 2.05 bits per heavy atom. The van der Waals surface area contributed by atoms with Crippen molar-refractivity contribution in [3.8, 4) is 0 Å². The number of benzene rings is 1. The Bertz CT molecular complexity index is 490. The van der Waals surface area contributed by atoms with Crippen molar-refractivity contribution in [3.63, 3.8) is 0 Å². The molecule has 1 aliphatic rings. The van der Waals surface area contributed by atoms with Crippen LogP contribution in [0, 0.1) is 0 Å². The van der Waals surface area contributed by atoms with Gasteiger partial charge in [-0.3, -0.25) is 4.79 Å². The number of hydrogen-bond donors (Lipinski definition) is 1. The fourth-order valence-corrected chi connectivity index (χ4v) is 2.84. The van der Waals surface area contributed by atoms with Crippen molar-refractivity contribution in [1.29, 1.82) is 0 Å². The van der Waals surface area contributed by atoms with Crippen LogP contribution in [-0.4, -0.2) is 37.0 Å². The van der Waals surface area contributed by atoms with Crippen LogP contribution < -0.4 is 10.6 Å². The lowest BCUT2D eigenvalue weighted by molar-refractivity contribution is -0.128. The fraction of sp³-hybridized carbons (Fsp3) is 0.533. The minimum absolute atomic E-state index is 0.0149. The van der Waals surface area contributed by atoms with Gasteiger partial charge in [0.25, 0.3) is 0 Å². The quantitative estimate of drug-likeness (QED) is 0.911. The first-order chi connectivity index (χ1) is 9.49. The van der Waals surface area contributed by atoms with E-state index in [-0.39, 0.29) is 11.9 Å². The molecule has 5 heteroatoms. The van der Waals surface area contributed by atoms with Crippen LogP contribution in [0.15, 0.2) is 18.2 Å². The third-order valence-electron chi connectivity index (χ3n) is 3.78. The lowest BCUT2D eigenvalue weighted by Gasteiger charge is -2.25. The maximum absolute atomic E-state index is 11.4. The Morgan fingerprint density at radius 1 is 1.30 bits per heavy atom. The third kappa shape index (κ3) is 3.44. The second-order valence-corrected chi connectivity index (χ2v) is 5.75. The van der Waals surface area contributed by atoms with Crippen LogP contribution in [0.3, 0.4) is 0 Å². The van der Waals surface area contributed by atoms with Gasteiger partial charge in [0.15, 0.2) is 0 Å². The minimum Gasteiger partial charge on any atom is -0.368 e. The number of carbonyl (C=O) groups is 1. The monoisotopic (exact) mass is 295 g/mol. The lowest BCUT2D eigenvalue weighted by Crippen LogP contribution is -2.33. The van der Waals surface area contributed by atoms with Crippen molar-refractivity contribution in [3.05, 3.63) is 28.8 Å². The predicted molar refractivity (Wildman–Crippen MR) is 83.1 cm³/mol. The summed E-state index contributed by atoms with van der Waals surface area (Å²) in [4.78, 5) is 15.6. The number of hydrogen-bond acceptors (Lipinski definition) is 3. The van der Waals surface area contributed by atoms with E-state index in [2.05, 4.69) is 4.90 Å². The maximum atomic E-state index is 11.4. The number of nitrogens with two attached hydrogens (primary N) is 1. The average Bonchev–Trinajstić information content (AvgIpc) is 2.64. The molecule has 2 N–H and O–H groups in total. The van der Waals surface area contributed by atoms with Crippen LogP contribution in [0.5, 0.6) is 0 Å². The molecule has 0 radical (unpaired) electrons. The molecule has 0 saturated carbocycles. The van der Waals surface area contributed by atoms with Gasteiger partial charge in [0, 0.05) is 39.1 Å². The van der Waals surface area contributed by atoms with E-state index >= 15 is 0 Å². The van der Waals surface area contributed by atoms with Crippen LogP contribution >= 0.6 is 11.6 Å². The zero-order valence-electron chi connectivity index (χ0n) is 12.1.